The average molecular weight is 256 g/mol. The van der Waals surface area contributed by atoms with Gasteiger partial charge in [-0.05, 0) is 98.2 Å². The summed E-state index contributed by atoms with van der Waals surface area (Å²) in [5.74, 6) is 5.40. The van der Waals surface area contributed by atoms with Crippen LogP contribution in [0.1, 0.15) is 64.7 Å². The molecule has 0 amide bonds. The first-order valence-electron chi connectivity index (χ1n) is 8.95. The molecule has 0 heteroatoms. The summed E-state index contributed by atoms with van der Waals surface area (Å²) < 4.78 is 0. The fourth-order valence-corrected chi connectivity index (χ4v) is 8.10. The van der Waals surface area contributed by atoms with Crippen molar-refractivity contribution in [3.05, 3.63) is 12.2 Å². The van der Waals surface area contributed by atoms with Crippen LogP contribution in [0.25, 0.3) is 0 Å². The molecule has 6 bridgehead atoms. The highest BCUT2D eigenvalue weighted by Gasteiger charge is 2.65. The summed E-state index contributed by atoms with van der Waals surface area (Å²) in [6, 6.07) is 0. The van der Waals surface area contributed by atoms with Crippen molar-refractivity contribution in [1.29, 1.82) is 0 Å². The first kappa shape index (κ1) is 11.4. The van der Waals surface area contributed by atoms with Crippen LogP contribution in [0.15, 0.2) is 12.2 Å². The van der Waals surface area contributed by atoms with Gasteiger partial charge in [0.05, 0.1) is 0 Å². The lowest BCUT2D eigenvalue weighted by Gasteiger charge is -2.66. The van der Waals surface area contributed by atoms with Crippen molar-refractivity contribution in [2.75, 3.05) is 0 Å². The van der Waals surface area contributed by atoms with Crippen molar-refractivity contribution < 1.29 is 0 Å². The van der Waals surface area contributed by atoms with E-state index in [9.17, 15) is 0 Å². The van der Waals surface area contributed by atoms with Crippen LogP contribution in [-0.2, 0) is 0 Å². The standard InChI is InChI=1S/C19H28/c1-2-19(18-5-3-13(12-18)4-6-18)16-8-14-7-15(10-16)11-17(19)9-14/h3,5,13-17H,2,4,6-12H2,1H3. The van der Waals surface area contributed by atoms with Gasteiger partial charge >= 0.3 is 0 Å². The summed E-state index contributed by atoms with van der Waals surface area (Å²) in [6.07, 6.45) is 19.4. The predicted octanol–water partition coefficient (Wildman–Crippen LogP) is 5.20. The molecule has 0 aromatic heterocycles. The molecule has 0 aliphatic heterocycles. The van der Waals surface area contributed by atoms with Gasteiger partial charge in [0.25, 0.3) is 0 Å². The molecule has 104 valence electrons. The van der Waals surface area contributed by atoms with Crippen LogP contribution >= 0.6 is 0 Å². The molecule has 0 heterocycles. The predicted molar refractivity (Wildman–Crippen MR) is 78.7 cm³/mol. The Morgan fingerprint density at radius 3 is 2.11 bits per heavy atom. The highest BCUT2D eigenvalue weighted by Crippen LogP contribution is 2.74. The van der Waals surface area contributed by atoms with Crippen molar-refractivity contribution in [3.63, 3.8) is 0 Å². The van der Waals surface area contributed by atoms with Gasteiger partial charge in [-0.3, -0.25) is 0 Å². The van der Waals surface area contributed by atoms with Gasteiger partial charge in [0.2, 0.25) is 0 Å². The van der Waals surface area contributed by atoms with Gasteiger partial charge in [0, 0.05) is 0 Å². The van der Waals surface area contributed by atoms with E-state index in [1.54, 1.807) is 32.1 Å². The van der Waals surface area contributed by atoms with Crippen molar-refractivity contribution in [2.24, 2.45) is 40.4 Å². The third-order valence-corrected chi connectivity index (χ3v) is 8.38. The first-order chi connectivity index (χ1) is 9.26. The minimum absolute atomic E-state index is 0.648. The van der Waals surface area contributed by atoms with Gasteiger partial charge in [-0.15, -0.1) is 0 Å². The smallest absolute Gasteiger partial charge is 0.00507 e. The molecule has 0 saturated heterocycles. The van der Waals surface area contributed by atoms with Crippen LogP contribution in [0.2, 0.25) is 0 Å². The van der Waals surface area contributed by atoms with Crippen LogP contribution in [0.5, 0.6) is 0 Å². The number of hydrogen-bond donors (Lipinski definition) is 0. The first-order valence-corrected chi connectivity index (χ1v) is 8.95. The maximum Gasteiger partial charge on any atom is -0.00507 e. The largest absolute Gasteiger partial charge is 0.0848 e. The molecule has 0 aromatic rings. The number of rotatable bonds is 2. The molecule has 6 rings (SSSR count). The van der Waals surface area contributed by atoms with E-state index >= 15 is 0 Å². The lowest BCUT2D eigenvalue weighted by atomic mass is 9.38. The Kier molecular flexibility index (Phi) is 2.10. The van der Waals surface area contributed by atoms with E-state index in [0.717, 1.165) is 35.0 Å². The highest BCUT2D eigenvalue weighted by atomic mass is 14.7. The fraction of sp³-hybridized carbons (Fsp3) is 0.895. The Morgan fingerprint density at radius 1 is 1.00 bits per heavy atom. The molecule has 2 atom stereocenters. The summed E-state index contributed by atoms with van der Waals surface area (Å²) >= 11 is 0. The molecule has 0 N–H and O–H groups in total. The molecule has 6 aliphatic carbocycles. The van der Waals surface area contributed by atoms with Crippen LogP contribution in [0.4, 0.5) is 0 Å². The van der Waals surface area contributed by atoms with E-state index in [-0.39, 0.29) is 0 Å². The maximum absolute atomic E-state index is 2.73. The lowest BCUT2D eigenvalue weighted by Crippen LogP contribution is -2.59. The molecule has 2 unspecified atom stereocenters. The van der Waals surface area contributed by atoms with Crippen molar-refractivity contribution >= 4 is 0 Å². The van der Waals surface area contributed by atoms with E-state index < -0.39 is 0 Å². The molecule has 6 aliphatic rings. The number of allylic oxidation sites excluding steroid dienone is 2. The molecular weight excluding hydrogens is 228 g/mol. The van der Waals surface area contributed by atoms with Gasteiger partial charge in [0.15, 0.2) is 0 Å². The van der Waals surface area contributed by atoms with E-state index in [1.165, 1.54) is 25.7 Å². The van der Waals surface area contributed by atoms with Crippen molar-refractivity contribution in [1.82, 2.24) is 0 Å². The average Bonchev–Trinajstić information content (AvgIpc) is 3.00. The maximum atomic E-state index is 2.73. The van der Waals surface area contributed by atoms with Crippen LogP contribution < -0.4 is 0 Å². The van der Waals surface area contributed by atoms with Crippen molar-refractivity contribution in [3.8, 4) is 0 Å². The van der Waals surface area contributed by atoms with E-state index in [4.69, 9.17) is 0 Å². The Labute approximate surface area is 118 Å². The summed E-state index contributed by atoms with van der Waals surface area (Å²) in [5, 5.41) is 0. The minimum Gasteiger partial charge on any atom is -0.0848 e. The van der Waals surface area contributed by atoms with Gasteiger partial charge in [-0.25, -0.2) is 0 Å². The Hall–Kier alpha value is -0.260. The summed E-state index contributed by atoms with van der Waals surface area (Å²) in [5.41, 5.74) is 1.37. The van der Waals surface area contributed by atoms with Gasteiger partial charge < -0.3 is 0 Å². The number of fused-ring (bicyclic) bond motifs is 3. The normalized spacial score (nSPS) is 61.2. The van der Waals surface area contributed by atoms with Crippen LogP contribution in [0, 0.1) is 40.4 Å². The molecule has 0 nitrogen and oxygen atoms in total. The zero-order chi connectivity index (χ0) is 12.7. The zero-order valence-corrected chi connectivity index (χ0v) is 12.4. The molecule has 5 fully saturated rings. The second kappa shape index (κ2) is 3.49. The Morgan fingerprint density at radius 2 is 1.68 bits per heavy atom. The van der Waals surface area contributed by atoms with Gasteiger partial charge in [-0.2, -0.15) is 0 Å². The highest BCUT2D eigenvalue weighted by molar-refractivity contribution is 5.25. The Bertz CT molecular complexity index is 403. The summed E-state index contributed by atoms with van der Waals surface area (Å²) in [6.45, 7) is 2.54. The lowest BCUT2D eigenvalue weighted by molar-refractivity contribution is -0.165. The van der Waals surface area contributed by atoms with Gasteiger partial charge in [0.1, 0.15) is 0 Å². The molecule has 5 saturated carbocycles. The minimum atomic E-state index is 0.648. The second-order valence-corrected chi connectivity index (χ2v) is 8.72. The number of hydrogen-bond acceptors (Lipinski definition) is 0. The fourth-order valence-electron chi connectivity index (χ4n) is 8.10. The summed E-state index contributed by atoms with van der Waals surface area (Å²) in [4.78, 5) is 0. The quantitative estimate of drug-likeness (QED) is 0.596. The van der Waals surface area contributed by atoms with E-state index in [0.29, 0.717) is 5.41 Å². The third kappa shape index (κ3) is 1.19. The topological polar surface area (TPSA) is 0 Å². The molecule has 0 aromatic carbocycles. The zero-order valence-electron chi connectivity index (χ0n) is 12.4. The Balaban J connectivity index is 1.63. The van der Waals surface area contributed by atoms with E-state index in [2.05, 4.69) is 19.1 Å². The molecular formula is C19H28. The second-order valence-electron chi connectivity index (χ2n) is 8.72. The summed E-state index contributed by atoms with van der Waals surface area (Å²) in [7, 11) is 0. The van der Waals surface area contributed by atoms with Crippen LogP contribution in [-0.4, -0.2) is 0 Å². The molecule has 0 radical (unpaired) electrons. The van der Waals surface area contributed by atoms with Gasteiger partial charge in [-0.1, -0.05) is 19.1 Å². The monoisotopic (exact) mass is 256 g/mol. The van der Waals surface area contributed by atoms with Crippen molar-refractivity contribution in [2.45, 2.75) is 64.7 Å². The third-order valence-electron chi connectivity index (χ3n) is 8.38. The SMILES string of the molecule is CCC1(C23C=CC(CC2)C3)C2CC3CC(C2)CC1C3. The molecule has 19 heavy (non-hydrogen) atoms. The molecule has 0 spiro atoms. The van der Waals surface area contributed by atoms with Crippen LogP contribution in [0.3, 0.4) is 0 Å². The van der Waals surface area contributed by atoms with E-state index in [1.807, 2.05) is 0 Å².